The molecule has 4 nitrogen and oxygen atoms in total. The van der Waals surface area contributed by atoms with Crippen LogP contribution in [0, 0.1) is 0 Å². The van der Waals surface area contributed by atoms with Gasteiger partial charge in [0.2, 0.25) is 0 Å². The van der Waals surface area contributed by atoms with Crippen LogP contribution >= 0.6 is 0 Å². The molecule has 1 aromatic carbocycles. The smallest absolute Gasteiger partial charge is 0.323 e. The molecule has 98 valence electrons. The molecule has 0 saturated heterocycles. The zero-order valence-corrected chi connectivity index (χ0v) is 11.0. The van der Waals surface area contributed by atoms with Crippen LogP contribution in [0.3, 0.4) is 0 Å². The monoisotopic (exact) mass is 249 g/mol. The first-order valence-electron chi connectivity index (χ1n) is 6.06. The van der Waals surface area contributed by atoms with Gasteiger partial charge in [0.1, 0.15) is 6.54 Å². The van der Waals surface area contributed by atoms with E-state index in [-0.39, 0.29) is 12.5 Å². The van der Waals surface area contributed by atoms with Gasteiger partial charge < -0.3 is 10.0 Å². The lowest BCUT2D eigenvalue weighted by Gasteiger charge is -2.18. The molecule has 0 fully saturated rings. The molecule has 0 spiro atoms. The van der Waals surface area contributed by atoms with Crippen LogP contribution in [0.5, 0.6) is 0 Å². The Bertz CT molecular complexity index is 423. The highest BCUT2D eigenvalue weighted by Gasteiger charge is 2.16. The minimum absolute atomic E-state index is 0.241. The molecule has 0 aliphatic rings. The van der Waals surface area contributed by atoms with E-state index in [9.17, 15) is 9.59 Å². The third-order valence-corrected chi connectivity index (χ3v) is 2.82. The van der Waals surface area contributed by atoms with Crippen molar-refractivity contribution in [2.45, 2.75) is 26.7 Å². The summed E-state index contributed by atoms with van der Waals surface area (Å²) in [5.74, 6) is -0.824. The number of carboxylic acid groups (broad SMARTS) is 1. The molecule has 0 aliphatic carbocycles. The van der Waals surface area contributed by atoms with Crippen LogP contribution in [0.2, 0.25) is 0 Å². The van der Waals surface area contributed by atoms with E-state index in [2.05, 4.69) is 13.8 Å². The Morgan fingerprint density at radius 2 is 1.78 bits per heavy atom. The summed E-state index contributed by atoms with van der Waals surface area (Å²) in [5.41, 5.74) is 1.69. The fraction of sp³-hybridized carbons (Fsp3) is 0.429. The number of carbonyl (C=O) groups is 2. The van der Waals surface area contributed by atoms with Crippen LogP contribution in [-0.4, -0.2) is 35.0 Å². The van der Waals surface area contributed by atoms with Crippen LogP contribution in [0.25, 0.3) is 0 Å². The Morgan fingerprint density at radius 3 is 2.17 bits per heavy atom. The van der Waals surface area contributed by atoms with Crippen molar-refractivity contribution in [3.63, 3.8) is 0 Å². The fourth-order valence-corrected chi connectivity index (χ4v) is 1.68. The first-order valence-corrected chi connectivity index (χ1v) is 6.06. The lowest BCUT2D eigenvalue weighted by Crippen LogP contribution is -2.35. The molecular weight excluding hydrogens is 230 g/mol. The van der Waals surface area contributed by atoms with Crippen LogP contribution in [0.1, 0.15) is 42.6 Å². The first kappa shape index (κ1) is 14.2. The molecule has 1 amide bonds. The van der Waals surface area contributed by atoms with E-state index in [1.54, 1.807) is 19.1 Å². The van der Waals surface area contributed by atoms with Crippen LogP contribution in [0.4, 0.5) is 0 Å². The van der Waals surface area contributed by atoms with Crippen LogP contribution in [-0.2, 0) is 4.79 Å². The van der Waals surface area contributed by atoms with Gasteiger partial charge >= 0.3 is 5.97 Å². The van der Waals surface area contributed by atoms with Gasteiger partial charge in [0.25, 0.3) is 5.91 Å². The van der Waals surface area contributed by atoms with Crippen LogP contribution in [0.15, 0.2) is 24.3 Å². The van der Waals surface area contributed by atoms with E-state index in [0.29, 0.717) is 18.0 Å². The van der Waals surface area contributed by atoms with Gasteiger partial charge in [-0.25, -0.2) is 0 Å². The van der Waals surface area contributed by atoms with Crippen molar-refractivity contribution in [1.29, 1.82) is 0 Å². The van der Waals surface area contributed by atoms with Crippen molar-refractivity contribution in [2.75, 3.05) is 13.1 Å². The number of hydrogen-bond donors (Lipinski definition) is 1. The summed E-state index contributed by atoms with van der Waals surface area (Å²) in [6.45, 7) is 6.06. The van der Waals surface area contributed by atoms with Gasteiger partial charge in [-0.1, -0.05) is 26.0 Å². The number of nitrogens with zero attached hydrogens (tertiary/aromatic N) is 1. The molecule has 1 N–H and O–H groups in total. The molecule has 1 rings (SSSR count). The molecule has 0 unspecified atom stereocenters. The van der Waals surface area contributed by atoms with Crippen molar-refractivity contribution < 1.29 is 14.7 Å². The average Bonchev–Trinajstić information content (AvgIpc) is 2.35. The second-order valence-corrected chi connectivity index (χ2v) is 4.49. The predicted molar refractivity (Wildman–Crippen MR) is 69.7 cm³/mol. The summed E-state index contributed by atoms with van der Waals surface area (Å²) in [4.78, 5) is 24.0. The van der Waals surface area contributed by atoms with E-state index < -0.39 is 5.97 Å². The Morgan fingerprint density at radius 1 is 1.22 bits per heavy atom. The lowest BCUT2D eigenvalue weighted by atomic mass is 10.0. The van der Waals surface area contributed by atoms with E-state index in [1.165, 1.54) is 4.90 Å². The molecule has 0 bridgehead atoms. The third-order valence-electron chi connectivity index (χ3n) is 2.82. The normalized spacial score (nSPS) is 10.4. The van der Waals surface area contributed by atoms with E-state index in [1.807, 2.05) is 12.1 Å². The quantitative estimate of drug-likeness (QED) is 0.871. The van der Waals surface area contributed by atoms with Crippen molar-refractivity contribution in [3.05, 3.63) is 35.4 Å². The molecule has 0 saturated carbocycles. The summed E-state index contributed by atoms with van der Waals surface area (Å²) < 4.78 is 0. The largest absolute Gasteiger partial charge is 0.480 e. The molecule has 0 aliphatic heterocycles. The molecular formula is C14H19NO3. The number of hydrogen-bond acceptors (Lipinski definition) is 2. The standard InChI is InChI=1S/C14H19NO3/c1-4-15(9-13(16)17)14(18)12-7-5-11(6-8-12)10(2)3/h5-8,10H,4,9H2,1-3H3,(H,16,17). The van der Waals surface area contributed by atoms with Gasteiger partial charge in [-0.05, 0) is 30.5 Å². The van der Waals surface area contributed by atoms with Crippen molar-refractivity contribution >= 4 is 11.9 Å². The van der Waals surface area contributed by atoms with Gasteiger partial charge in [-0.3, -0.25) is 9.59 Å². The number of aliphatic carboxylic acids is 1. The summed E-state index contributed by atoms with van der Waals surface area (Å²) >= 11 is 0. The first-order chi connectivity index (χ1) is 8.45. The van der Waals surface area contributed by atoms with E-state index in [0.717, 1.165) is 5.56 Å². The highest BCUT2D eigenvalue weighted by atomic mass is 16.4. The molecule has 1 aromatic rings. The maximum Gasteiger partial charge on any atom is 0.323 e. The highest BCUT2D eigenvalue weighted by molar-refractivity contribution is 5.95. The maximum atomic E-state index is 12.1. The Labute approximate surface area is 107 Å². The lowest BCUT2D eigenvalue weighted by molar-refractivity contribution is -0.137. The Hall–Kier alpha value is -1.84. The number of amides is 1. The SMILES string of the molecule is CCN(CC(=O)O)C(=O)c1ccc(C(C)C)cc1. The summed E-state index contributed by atoms with van der Waals surface area (Å²) in [6.07, 6.45) is 0. The van der Waals surface area contributed by atoms with Crippen molar-refractivity contribution in [3.8, 4) is 0 Å². The Kier molecular flexibility index (Phi) is 4.89. The van der Waals surface area contributed by atoms with Crippen LogP contribution < -0.4 is 0 Å². The fourth-order valence-electron chi connectivity index (χ4n) is 1.68. The number of benzene rings is 1. The number of carboxylic acids is 1. The van der Waals surface area contributed by atoms with Gasteiger partial charge in [-0.15, -0.1) is 0 Å². The number of rotatable bonds is 5. The highest BCUT2D eigenvalue weighted by Crippen LogP contribution is 2.15. The molecule has 0 atom stereocenters. The third kappa shape index (κ3) is 3.58. The molecule has 4 heteroatoms. The zero-order valence-electron chi connectivity index (χ0n) is 11.0. The zero-order chi connectivity index (χ0) is 13.7. The van der Waals surface area contributed by atoms with Crippen molar-refractivity contribution in [2.24, 2.45) is 0 Å². The molecule has 0 radical (unpaired) electrons. The van der Waals surface area contributed by atoms with Gasteiger partial charge in [0.15, 0.2) is 0 Å². The topological polar surface area (TPSA) is 57.6 Å². The second-order valence-electron chi connectivity index (χ2n) is 4.49. The average molecular weight is 249 g/mol. The Balaban J connectivity index is 2.85. The maximum absolute atomic E-state index is 12.1. The van der Waals surface area contributed by atoms with Crippen molar-refractivity contribution in [1.82, 2.24) is 4.90 Å². The molecule has 18 heavy (non-hydrogen) atoms. The summed E-state index contributed by atoms with van der Waals surface area (Å²) in [6, 6.07) is 7.32. The minimum atomic E-state index is -0.996. The minimum Gasteiger partial charge on any atom is -0.480 e. The number of likely N-dealkylation sites (N-methyl/N-ethyl adjacent to an activating group) is 1. The molecule has 0 heterocycles. The van der Waals surface area contributed by atoms with Gasteiger partial charge in [-0.2, -0.15) is 0 Å². The van der Waals surface area contributed by atoms with E-state index in [4.69, 9.17) is 5.11 Å². The summed E-state index contributed by atoms with van der Waals surface area (Å²) in [7, 11) is 0. The predicted octanol–water partition coefficient (Wildman–Crippen LogP) is 2.36. The molecule has 0 aromatic heterocycles. The number of carbonyl (C=O) groups excluding carboxylic acids is 1. The van der Waals surface area contributed by atoms with Gasteiger partial charge in [0, 0.05) is 12.1 Å². The van der Waals surface area contributed by atoms with E-state index >= 15 is 0 Å². The van der Waals surface area contributed by atoms with Gasteiger partial charge in [0.05, 0.1) is 0 Å². The summed E-state index contributed by atoms with van der Waals surface area (Å²) in [5, 5.41) is 8.73. The second kappa shape index (κ2) is 6.19.